The summed E-state index contributed by atoms with van der Waals surface area (Å²) in [5.74, 6) is 0.743. The third kappa shape index (κ3) is 4.80. The smallest absolute Gasteiger partial charge is 0.160 e. The number of nitrogens with zero attached hydrogens (tertiary/aromatic N) is 3. The molecule has 2 aliphatic heterocycles. The second kappa shape index (κ2) is 11.6. The summed E-state index contributed by atoms with van der Waals surface area (Å²) in [6, 6.07) is 59.2. The van der Waals surface area contributed by atoms with Gasteiger partial charge in [-0.2, -0.15) is 0 Å². The summed E-state index contributed by atoms with van der Waals surface area (Å²) < 4.78 is 0. The van der Waals surface area contributed by atoms with Crippen LogP contribution in [0.5, 0.6) is 0 Å². The van der Waals surface area contributed by atoms with E-state index >= 15 is 0 Å². The molecule has 0 spiro atoms. The summed E-state index contributed by atoms with van der Waals surface area (Å²) in [6.45, 7) is 9.54. The van der Waals surface area contributed by atoms with Gasteiger partial charge < -0.3 is 4.90 Å². The lowest BCUT2D eigenvalue weighted by Crippen LogP contribution is -2.38. The van der Waals surface area contributed by atoms with Crippen molar-refractivity contribution in [1.82, 2.24) is 9.97 Å². The predicted molar refractivity (Wildman–Crippen MR) is 220 cm³/mol. The number of rotatable bonds is 4. The third-order valence-electron chi connectivity index (χ3n) is 11.6. The fourth-order valence-corrected chi connectivity index (χ4v) is 8.72. The maximum Gasteiger partial charge on any atom is 0.160 e. The Kier molecular flexibility index (Phi) is 6.87. The topological polar surface area (TPSA) is 29.0 Å². The summed E-state index contributed by atoms with van der Waals surface area (Å²) in [5.41, 5.74) is 17.2. The van der Waals surface area contributed by atoms with Crippen LogP contribution in [-0.4, -0.2) is 9.97 Å². The molecule has 8 aromatic rings. The lowest BCUT2D eigenvalue weighted by Gasteiger charge is -2.50. The first-order chi connectivity index (χ1) is 25.8. The molecule has 254 valence electrons. The largest absolute Gasteiger partial charge is 0.309 e. The van der Waals surface area contributed by atoms with Gasteiger partial charge in [-0.05, 0) is 87.0 Å². The number of fused-ring (bicyclic) bond motifs is 5. The molecule has 0 radical (unpaired) electrons. The highest BCUT2D eigenvalue weighted by Gasteiger charge is 2.46. The van der Waals surface area contributed by atoms with Crippen molar-refractivity contribution < 1.29 is 0 Å². The Bertz CT molecular complexity index is 2590. The summed E-state index contributed by atoms with van der Waals surface area (Å²) in [4.78, 5) is 13.2. The molecule has 0 bridgehead atoms. The van der Waals surface area contributed by atoms with E-state index in [4.69, 9.17) is 9.97 Å². The van der Waals surface area contributed by atoms with Crippen molar-refractivity contribution in [1.29, 1.82) is 0 Å². The Hall–Kier alpha value is -6.32. The van der Waals surface area contributed by atoms with Gasteiger partial charge in [0, 0.05) is 27.3 Å². The Morgan fingerprint density at radius 1 is 0.396 bits per heavy atom. The highest BCUT2D eigenvalue weighted by atomic mass is 15.2. The number of anilines is 3. The summed E-state index contributed by atoms with van der Waals surface area (Å²) in [6.07, 6.45) is 0. The summed E-state index contributed by atoms with van der Waals surface area (Å²) in [7, 11) is 0. The van der Waals surface area contributed by atoms with Crippen LogP contribution in [-0.2, 0) is 10.8 Å². The SMILES string of the molecule is CC1(C)c2cc(-c3ccccc3)ccc2N2c3ccc(-c4ccccc4)cc3C(C)(C)c3cc(-c4nc(-c5ccccc5)c5ccccc5n4)cc1c32. The van der Waals surface area contributed by atoms with Crippen LogP contribution in [0.3, 0.4) is 0 Å². The average Bonchev–Trinajstić information content (AvgIpc) is 3.21. The first-order valence-corrected chi connectivity index (χ1v) is 18.5. The van der Waals surface area contributed by atoms with Gasteiger partial charge in [0.1, 0.15) is 0 Å². The van der Waals surface area contributed by atoms with E-state index in [-0.39, 0.29) is 10.8 Å². The van der Waals surface area contributed by atoms with Gasteiger partial charge in [-0.15, -0.1) is 0 Å². The van der Waals surface area contributed by atoms with E-state index in [1.807, 2.05) is 0 Å². The molecule has 0 saturated heterocycles. The van der Waals surface area contributed by atoms with E-state index in [1.54, 1.807) is 0 Å². The van der Waals surface area contributed by atoms with Crippen molar-refractivity contribution in [2.24, 2.45) is 0 Å². The van der Waals surface area contributed by atoms with Gasteiger partial charge in [0.25, 0.3) is 0 Å². The van der Waals surface area contributed by atoms with E-state index in [2.05, 4.69) is 196 Å². The highest BCUT2D eigenvalue weighted by Crippen LogP contribution is 2.61. The van der Waals surface area contributed by atoms with Crippen LogP contribution in [0.2, 0.25) is 0 Å². The van der Waals surface area contributed by atoms with Crippen LogP contribution in [0.1, 0.15) is 49.9 Å². The first-order valence-electron chi connectivity index (χ1n) is 18.5. The fraction of sp³-hybridized carbons (Fsp3) is 0.120. The van der Waals surface area contributed by atoms with Crippen LogP contribution < -0.4 is 4.90 Å². The van der Waals surface area contributed by atoms with Crippen LogP contribution in [0.4, 0.5) is 17.1 Å². The molecule has 1 aromatic heterocycles. The van der Waals surface area contributed by atoms with E-state index in [9.17, 15) is 0 Å². The number of hydrogen-bond donors (Lipinski definition) is 0. The van der Waals surface area contributed by atoms with Crippen molar-refractivity contribution in [3.05, 3.63) is 186 Å². The van der Waals surface area contributed by atoms with Crippen LogP contribution in [0.15, 0.2) is 164 Å². The van der Waals surface area contributed by atoms with Gasteiger partial charge in [-0.1, -0.05) is 149 Å². The zero-order chi connectivity index (χ0) is 35.9. The zero-order valence-corrected chi connectivity index (χ0v) is 30.4. The maximum absolute atomic E-state index is 5.37. The van der Waals surface area contributed by atoms with E-state index in [1.165, 1.54) is 61.6 Å². The number of aromatic nitrogens is 2. The quantitative estimate of drug-likeness (QED) is 0.185. The second-order valence-corrected chi connectivity index (χ2v) is 15.5. The number of para-hydroxylation sites is 1. The van der Waals surface area contributed by atoms with Crippen LogP contribution in [0, 0.1) is 0 Å². The molecule has 0 fully saturated rings. The molecule has 0 saturated carbocycles. The zero-order valence-electron chi connectivity index (χ0n) is 30.4. The van der Waals surface area contributed by atoms with Gasteiger partial charge in [0.2, 0.25) is 0 Å². The van der Waals surface area contributed by atoms with E-state index < -0.39 is 0 Å². The molecular formula is C50H39N3. The van der Waals surface area contributed by atoms with Crippen molar-refractivity contribution in [2.75, 3.05) is 4.90 Å². The Morgan fingerprint density at radius 3 is 1.38 bits per heavy atom. The van der Waals surface area contributed by atoms with Gasteiger partial charge in [0.15, 0.2) is 5.82 Å². The fourth-order valence-electron chi connectivity index (χ4n) is 8.72. The Morgan fingerprint density at radius 2 is 0.849 bits per heavy atom. The molecule has 0 unspecified atom stereocenters. The molecule has 53 heavy (non-hydrogen) atoms. The van der Waals surface area contributed by atoms with E-state index in [0.717, 1.165) is 33.5 Å². The van der Waals surface area contributed by atoms with Gasteiger partial charge in [-0.25, -0.2) is 9.97 Å². The summed E-state index contributed by atoms with van der Waals surface area (Å²) >= 11 is 0. The van der Waals surface area contributed by atoms with Crippen molar-refractivity contribution >= 4 is 28.0 Å². The Labute approximate surface area is 311 Å². The minimum Gasteiger partial charge on any atom is -0.309 e. The number of hydrogen-bond acceptors (Lipinski definition) is 3. The molecule has 0 amide bonds. The van der Waals surface area contributed by atoms with Gasteiger partial charge in [0.05, 0.1) is 28.3 Å². The molecule has 10 rings (SSSR count). The second-order valence-electron chi connectivity index (χ2n) is 15.5. The lowest BCUT2D eigenvalue weighted by atomic mass is 9.65. The molecule has 3 heterocycles. The molecule has 7 aromatic carbocycles. The molecule has 0 atom stereocenters. The van der Waals surface area contributed by atoms with Crippen LogP contribution >= 0.6 is 0 Å². The van der Waals surface area contributed by atoms with E-state index in [0.29, 0.717) is 0 Å². The normalized spacial score (nSPS) is 14.7. The standard InChI is InChI=1S/C50H39N3/c1-49(2)39-28-35(32-16-8-5-9-17-32)24-26-44(39)53-45-27-25-36(33-18-10-6-11-19-33)29-40(45)50(3,4)42-31-37(30-41(49)47(42)53)48-51-43-23-15-14-22-38(43)46(52-48)34-20-12-7-13-21-34/h5-31H,1-4H3. The minimum absolute atomic E-state index is 0.312. The van der Waals surface area contributed by atoms with Crippen molar-refractivity contribution in [3.8, 4) is 44.9 Å². The monoisotopic (exact) mass is 681 g/mol. The first kappa shape index (κ1) is 31.4. The summed E-state index contributed by atoms with van der Waals surface area (Å²) in [5, 5.41) is 1.05. The Balaban J connectivity index is 1.26. The lowest BCUT2D eigenvalue weighted by molar-refractivity contribution is 0.598. The minimum atomic E-state index is -0.312. The molecule has 0 aliphatic carbocycles. The predicted octanol–water partition coefficient (Wildman–Crippen LogP) is 13.0. The molecular weight excluding hydrogens is 643 g/mol. The molecule has 3 nitrogen and oxygen atoms in total. The molecule has 3 heteroatoms. The van der Waals surface area contributed by atoms with Crippen LogP contribution in [0.25, 0.3) is 55.8 Å². The third-order valence-corrected chi connectivity index (χ3v) is 11.6. The van der Waals surface area contributed by atoms with Gasteiger partial charge in [-0.3, -0.25) is 0 Å². The average molecular weight is 682 g/mol. The molecule has 0 N–H and O–H groups in total. The highest BCUT2D eigenvalue weighted by molar-refractivity contribution is 5.97. The maximum atomic E-state index is 5.37. The van der Waals surface area contributed by atoms with Crippen molar-refractivity contribution in [2.45, 2.75) is 38.5 Å². The number of benzene rings is 7. The van der Waals surface area contributed by atoms with Gasteiger partial charge >= 0.3 is 0 Å². The van der Waals surface area contributed by atoms with Crippen molar-refractivity contribution in [3.63, 3.8) is 0 Å². The molecule has 2 aliphatic rings.